The summed E-state index contributed by atoms with van der Waals surface area (Å²) in [6, 6.07) is 14.0. The molecule has 3 aromatic rings. The monoisotopic (exact) mass is 395 g/mol. The fourth-order valence-electron chi connectivity index (χ4n) is 2.95. The highest BCUT2D eigenvalue weighted by atomic mass is 32.2. The number of hydrogen-bond acceptors (Lipinski definition) is 3. The first-order chi connectivity index (χ1) is 12.6. The zero-order chi connectivity index (χ0) is 19.8. The van der Waals surface area contributed by atoms with Crippen LogP contribution in [0.25, 0.3) is 16.9 Å². The van der Waals surface area contributed by atoms with E-state index in [2.05, 4.69) is 5.10 Å². The molecular weight excluding hydrogens is 379 g/mol. The number of para-hydroxylation sites is 1. The van der Waals surface area contributed by atoms with Crippen LogP contribution < -0.4 is 5.14 Å². The number of benzene rings is 2. The van der Waals surface area contributed by atoms with Crippen molar-refractivity contribution in [2.75, 3.05) is 0 Å². The molecule has 0 aliphatic heterocycles. The summed E-state index contributed by atoms with van der Waals surface area (Å²) in [5, 5.41) is 9.00. The van der Waals surface area contributed by atoms with Crippen molar-refractivity contribution in [2.24, 2.45) is 5.14 Å². The number of hydrogen-bond donors (Lipinski definition) is 1. The van der Waals surface area contributed by atoms with E-state index in [0.29, 0.717) is 5.56 Å². The van der Waals surface area contributed by atoms with Gasteiger partial charge in [0.2, 0.25) is 10.0 Å². The highest BCUT2D eigenvalue weighted by Crippen LogP contribution is 2.38. The zero-order valence-electron chi connectivity index (χ0n) is 14.2. The highest BCUT2D eigenvalue weighted by molar-refractivity contribution is 7.89. The van der Waals surface area contributed by atoms with Crippen LogP contribution >= 0.6 is 0 Å². The van der Waals surface area contributed by atoms with Gasteiger partial charge in [0.15, 0.2) is 5.69 Å². The number of primary sulfonamides is 1. The Morgan fingerprint density at radius 2 is 1.63 bits per heavy atom. The van der Waals surface area contributed by atoms with Gasteiger partial charge in [-0.15, -0.1) is 0 Å². The maximum absolute atomic E-state index is 13.6. The molecular formula is C18H16F3N3O2S. The fourth-order valence-corrected chi connectivity index (χ4v) is 3.67. The molecule has 2 aromatic carbocycles. The van der Waals surface area contributed by atoms with Gasteiger partial charge in [-0.2, -0.15) is 18.3 Å². The predicted molar refractivity (Wildman–Crippen MR) is 94.8 cm³/mol. The summed E-state index contributed by atoms with van der Waals surface area (Å²) < 4.78 is 65.6. The third-order valence-corrected chi connectivity index (χ3v) is 5.01. The molecule has 0 spiro atoms. The minimum atomic E-state index is -4.68. The average Bonchev–Trinajstić information content (AvgIpc) is 3.01. The van der Waals surface area contributed by atoms with Gasteiger partial charge in [0.25, 0.3) is 0 Å². The predicted octanol–water partition coefficient (Wildman–Crippen LogP) is 3.77. The van der Waals surface area contributed by atoms with Crippen molar-refractivity contribution in [3.8, 4) is 16.9 Å². The summed E-state index contributed by atoms with van der Waals surface area (Å²) in [6.07, 6.45) is -4.62. The van der Waals surface area contributed by atoms with Crippen LogP contribution in [0.15, 0.2) is 59.5 Å². The molecule has 0 atom stereocenters. The van der Waals surface area contributed by atoms with E-state index in [1.165, 1.54) is 24.3 Å². The Kier molecular flexibility index (Phi) is 4.83. The lowest BCUT2D eigenvalue weighted by Crippen LogP contribution is -2.16. The van der Waals surface area contributed by atoms with Gasteiger partial charge in [0.05, 0.1) is 11.4 Å². The first kappa shape index (κ1) is 19.1. The second-order valence-electron chi connectivity index (χ2n) is 5.82. The SMILES string of the molecule is CCc1c(C(F)(F)F)nn(-c2ccccc2S(N)(=O)=O)c1-c1ccccc1. The summed E-state index contributed by atoms with van der Waals surface area (Å²) in [5.41, 5.74) is -0.432. The lowest BCUT2D eigenvalue weighted by molar-refractivity contribution is -0.141. The second-order valence-corrected chi connectivity index (χ2v) is 7.35. The molecule has 9 heteroatoms. The molecule has 142 valence electrons. The second kappa shape index (κ2) is 6.82. The molecule has 0 aliphatic carbocycles. The van der Waals surface area contributed by atoms with Gasteiger partial charge in [-0.3, -0.25) is 0 Å². The molecule has 5 nitrogen and oxygen atoms in total. The van der Waals surface area contributed by atoms with Crippen molar-refractivity contribution < 1.29 is 21.6 Å². The largest absolute Gasteiger partial charge is 0.435 e. The van der Waals surface area contributed by atoms with Crippen molar-refractivity contribution in [3.63, 3.8) is 0 Å². The van der Waals surface area contributed by atoms with Gasteiger partial charge >= 0.3 is 6.18 Å². The Bertz CT molecular complexity index is 1070. The van der Waals surface area contributed by atoms with Crippen molar-refractivity contribution in [1.29, 1.82) is 0 Å². The average molecular weight is 395 g/mol. The van der Waals surface area contributed by atoms with Crippen LogP contribution in [0.4, 0.5) is 13.2 Å². The summed E-state index contributed by atoms with van der Waals surface area (Å²) in [4.78, 5) is -0.305. The van der Waals surface area contributed by atoms with E-state index >= 15 is 0 Å². The summed E-state index contributed by atoms with van der Waals surface area (Å²) in [6.45, 7) is 1.59. The molecule has 0 aliphatic rings. The molecule has 1 aromatic heterocycles. The first-order valence-electron chi connectivity index (χ1n) is 8.01. The maximum Gasteiger partial charge on any atom is 0.435 e. The van der Waals surface area contributed by atoms with E-state index in [0.717, 1.165) is 4.68 Å². The third-order valence-electron chi connectivity index (χ3n) is 4.05. The minimum absolute atomic E-state index is 0.0158. The molecule has 27 heavy (non-hydrogen) atoms. The van der Waals surface area contributed by atoms with E-state index in [1.54, 1.807) is 37.3 Å². The summed E-state index contributed by atoms with van der Waals surface area (Å²) in [7, 11) is -4.17. The van der Waals surface area contributed by atoms with Crippen LogP contribution in [0.5, 0.6) is 0 Å². The molecule has 0 saturated carbocycles. The summed E-state index contributed by atoms with van der Waals surface area (Å²) >= 11 is 0. The molecule has 0 bridgehead atoms. The number of halogens is 3. The first-order valence-corrected chi connectivity index (χ1v) is 9.56. The van der Waals surface area contributed by atoms with Crippen LogP contribution in [0.2, 0.25) is 0 Å². The molecule has 0 amide bonds. The normalized spacial score (nSPS) is 12.3. The Morgan fingerprint density at radius 3 is 2.19 bits per heavy atom. The minimum Gasteiger partial charge on any atom is -0.231 e. The van der Waals surface area contributed by atoms with Gasteiger partial charge in [-0.25, -0.2) is 18.2 Å². The van der Waals surface area contributed by atoms with Gasteiger partial charge in [-0.1, -0.05) is 49.4 Å². The number of alkyl halides is 3. The van der Waals surface area contributed by atoms with E-state index in [9.17, 15) is 21.6 Å². The van der Waals surface area contributed by atoms with Crippen LogP contribution in [-0.2, 0) is 22.6 Å². The Morgan fingerprint density at radius 1 is 1.04 bits per heavy atom. The van der Waals surface area contributed by atoms with E-state index < -0.39 is 21.9 Å². The van der Waals surface area contributed by atoms with E-state index in [-0.39, 0.29) is 28.3 Å². The quantitative estimate of drug-likeness (QED) is 0.731. The van der Waals surface area contributed by atoms with Crippen molar-refractivity contribution >= 4 is 10.0 Å². The lowest BCUT2D eigenvalue weighted by Gasteiger charge is -2.12. The van der Waals surface area contributed by atoms with Gasteiger partial charge in [-0.05, 0) is 18.6 Å². The number of rotatable bonds is 4. The topological polar surface area (TPSA) is 78.0 Å². The van der Waals surface area contributed by atoms with Crippen molar-refractivity contribution in [2.45, 2.75) is 24.4 Å². The molecule has 0 unspecified atom stereocenters. The maximum atomic E-state index is 13.6. The number of sulfonamides is 1. The van der Waals surface area contributed by atoms with Gasteiger partial charge in [0, 0.05) is 11.1 Å². The molecule has 1 heterocycles. The highest BCUT2D eigenvalue weighted by Gasteiger charge is 2.39. The fraction of sp³-hybridized carbons (Fsp3) is 0.167. The number of nitrogens with two attached hydrogens (primary N) is 1. The van der Waals surface area contributed by atoms with Crippen LogP contribution in [0.3, 0.4) is 0 Å². The van der Waals surface area contributed by atoms with Gasteiger partial charge < -0.3 is 0 Å². The lowest BCUT2D eigenvalue weighted by atomic mass is 10.0. The molecule has 0 saturated heterocycles. The molecule has 2 N–H and O–H groups in total. The molecule has 0 radical (unpaired) electrons. The zero-order valence-corrected chi connectivity index (χ0v) is 15.1. The summed E-state index contributed by atoms with van der Waals surface area (Å²) in [5.74, 6) is 0. The number of aromatic nitrogens is 2. The van der Waals surface area contributed by atoms with Crippen molar-refractivity contribution in [3.05, 3.63) is 65.9 Å². The van der Waals surface area contributed by atoms with Crippen LogP contribution in [0, 0.1) is 0 Å². The Labute approximate surface area is 154 Å². The Balaban J connectivity index is 2.43. The van der Waals surface area contributed by atoms with E-state index in [4.69, 9.17) is 5.14 Å². The third kappa shape index (κ3) is 3.60. The van der Waals surface area contributed by atoms with Crippen LogP contribution in [0.1, 0.15) is 18.2 Å². The molecule has 3 rings (SSSR count). The van der Waals surface area contributed by atoms with E-state index in [1.807, 2.05) is 0 Å². The smallest absolute Gasteiger partial charge is 0.231 e. The molecule has 0 fully saturated rings. The van der Waals surface area contributed by atoms with Crippen molar-refractivity contribution in [1.82, 2.24) is 9.78 Å². The van der Waals surface area contributed by atoms with Gasteiger partial charge in [0.1, 0.15) is 4.90 Å². The standard InChI is InChI=1S/C18H16F3N3O2S/c1-2-13-16(12-8-4-3-5-9-12)24(23-17(13)18(19,20)21)14-10-6-7-11-15(14)27(22,25)26/h3-11H,2H2,1H3,(H2,22,25,26). The Hall–Kier alpha value is -2.65. The number of nitrogens with zero attached hydrogens (tertiary/aromatic N) is 2. The van der Waals surface area contributed by atoms with Crippen LogP contribution in [-0.4, -0.2) is 18.2 Å².